The summed E-state index contributed by atoms with van der Waals surface area (Å²) in [6.07, 6.45) is 2.82. The first kappa shape index (κ1) is 24.5. The van der Waals surface area contributed by atoms with Crippen LogP contribution in [0.4, 0.5) is 0 Å². The maximum absolute atomic E-state index is 13.1. The topological polar surface area (TPSA) is 116 Å². The van der Waals surface area contributed by atoms with Crippen LogP contribution >= 0.6 is 0 Å². The molecule has 0 aliphatic carbocycles. The Balaban J connectivity index is 1.90. The number of rotatable bonds is 8. The smallest absolute Gasteiger partial charge is 0.328 e. The van der Waals surface area contributed by atoms with Gasteiger partial charge < -0.3 is 14.5 Å². The van der Waals surface area contributed by atoms with Crippen molar-refractivity contribution < 1.29 is 17.9 Å². The zero-order valence-electron chi connectivity index (χ0n) is 20.3. The van der Waals surface area contributed by atoms with Gasteiger partial charge in [-0.15, -0.1) is 0 Å². The highest BCUT2D eigenvalue weighted by Gasteiger charge is 2.27. The summed E-state index contributed by atoms with van der Waals surface area (Å²) in [5.74, 6) is 0.297. The molecule has 0 aliphatic heterocycles. The third-order valence-corrected chi connectivity index (χ3v) is 6.71. The van der Waals surface area contributed by atoms with E-state index in [2.05, 4.69) is 15.0 Å². The van der Waals surface area contributed by atoms with Gasteiger partial charge in [-0.25, -0.2) is 23.2 Å². The van der Waals surface area contributed by atoms with Gasteiger partial charge in [-0.3, -0.25) is 4.57 Å². The first-order chi connectivity index (χ1) is 16.6. The van der Waals surface area contributed by atoms with Gasteiger partial charge in [0.2, 0.25) is 0 Å². The minimum atomic E-state index is -3.50. The zero-order valence-corrected chi connectivity index (χ0v) is 21.1. The maximum Gasteiger partial charge on any atom is 0.328 e. The highest BCUT2D eigenvalue weighted by Crippen LogP contribution is 2.31. The van der Waals surface area contributed by atoms with Gasteiger partial charge in [0.05, 0.1) is 36.7 Å². The summed E-state index contributed by atoms with van der Waals surface area (Å²) in [5, 5.41) is 0. The monoisotopic (exact) mass is 496 g/mol. The molecule has 3 aromatic heterocycles. The largest absolute Gasteiger partial charge is 0.491 e. The average molecular weight is 497 g/mol. The fraction of sp³-hybridized carbons (Fsp3) is 0.320. The average Bonchev–Trinajstić information content (AvgIpc) is 3.12. The molecular weight excluding hydrogens is 468 g/mol. The lowest BCUT2D eigenvalue weighted by Gasteiger charge is -2.19. The Morgan fingerprint density at radius 2 is 1.86 bits per heavy atom. The molecule has 4 aromatic rings. The molecule has 0 fully saturated rings. The van der Waals surface area contributed by atoms with Crippen LogP contribution < -0.4 is 15.2 Å². The lowest BCUT2D eigenvalue weighted by Crippen LogP contribution is -2.29. The van der Waals surface area contributed by atoms with Gasteiger partial charge in [0, 0.05) is 18.0 Å². The Morgan fingerprint density at radius 1 is 1.14 bits per heavy atom. The molecular formula is C25H28N4O5S. The number of methoxy groups -OCH3 is 1. The van der Waals surface area contributed by atoms with Gasteiger partial charge in [-0.05, 0) is 55.7 Å². The lowest BCUT2D eigenvalue weighted by molar-refractivity contribution is 0.296. The van der Waals surface area contributed by atoms with Crippen molar-refractivity contribution in [3.63, 3.8) is 0 Å². The fourth-order valence-corrected chi connectivity index (χ4v) is 5.20. The number of hydrogen-bond donors (Lipinski definition) is 1. The van der Waals surface area contributed by atoms with Crippen LogP contribution in [0.15, 0.2) is 47.4 Å². The Morgan fingerprint density at radius 3 is 2.49 bits per heavy atom. The third-order valence-electron chi connectivity index (χ3n) is 5.79. The second-order valence-electron chi connectivity index (χ2n) is 8.45. The van der Waals surface area contributed by atoms with Crippen molar-refractivity contribution in [2.45, 2.75) is 26.8 Å². The maximum atomic E-state index is 13.1. The molecule has 0 saturated heterocycles. The van der Waals surface area contributed by atoms with Crippen LogP contribution in [-0.4, -0.2) is 53.7 Å². The van der Waals surface area contributed by atoms with E-state index in [0.717, 1.165) is 28.5 Å². The van der Waals surface area contributed by atoms with Gasteiger partial charge in [-0.2, -0.15) is 0 Å². The molecule has 0 bridgehead atoms. The molecule has 0 saturated carbocycles. The fourth-order valence-electron chi connectivity index (χ4n) is 4.31. The summed E-state index contributed by atoms with van der Waals surface area (Å²) in [5.41, 5.74) is 4.81. The van der Waals surface area contributed by atoms with Crippen LogP contribution in [0.5, 0.6) is 11.6 Å². The molecule has 1 atom stereocenters. The van der Waals surface area contributed by atoms with E-state index in [1.54, 1.807) is 18.3 Å². The van der Waals surface area contributed by atoms with E-state index in [-0.39, 0.29) is 11.6 Å². The molecule has 0 spiro atoms. The molecule has 10 heteroatoms. The molecule has 4 rings (SSSR count). The van der Waals surface area contributed by atoms with Crippen molar-refractivity contribution >= 4 is 21.0 Å². The Labute approximate surface area is 203 Å². The van der Waals surface area contributed by atoms with Gasteiger partial charge in [0.15, 0.2) is 11.4 Å². The van der Waals surface area contributed by atoms with E-state index >= 15 is 0 Å². The standard InChI is InChI=1S/C25H28N4O5S/c1-6-34-24-21(33-4)11-10-18(27-24)20(14-35(5,31)32)29-23-19(28-25(29)30)12-17(13-26-23)22-15(2)8-7-9-16(22)3/h7-13,20H,6,14H2,1-5H3,(H,28,30)/t20-/m1/s1. The van der Waals surface area contributed by atoms with Crippen LogP contribution in [0.1, 0.15) is 29.8 Å². The van der Waals surface area contributed by atoms with Gasteiger partial charge in [0.25, 0.3) is 5.88 Å². The van der Waals surface area contributed by atoms with Crippen LogP contribution in [0.3, 0.4) is 0 Å². The number of aromatic nitrogens is 4. The van der Waals surface area contributed by atoms with E-state index in [0.29, 0.717) is 29.2 Å². The van der Waals surface area contributed by atoms with Gasteiger partial charge in [-0.1, -0.05) is 18.2 Å². The normalized spacial score (nSPS) is 12.6. The van der Waals surface area contributed by atoms with Crippen molar-refractivity contribution in [1.82, 2.24) is 19.5 Å². The Bertz CT molecular complexity index is 1540. The molecule has 0 unspecified atom stereocenters. The number of hydrogen-bond acceptors (Lipinski definition) is 7. The van der Waals surface area contributed by atoms with Crippen LogP contribution in [0.2, 0.25) is 0 Å². The quantitative estimate of drug-likeness (QED) is 0.397. The molecule has 0 aliphatic rings. The van der Waals surface area contributed by atoms with Crippen LogP contribution in [0.25, 0.3) is 22.3 Å². The summed E-state index contributed by atoms with van der Waals surface area (Å²) in [6.45, 7) is 6.20. The first-order valence-electron chi connectivity index (χ1n) is 11.1. The highest BCUT2D eigenvalue weighted by atomic mass is 32.2. The minimum Gasteiger partial charge on any atom is -0.491 e. The number of nitrogens with one attached hydrogen (secondary N) is 1. The molecule has 184 valence electrons. The summed E-state index contributed by atoms with van der Waals surface area (Å²) in [7, 11) is -2.00. The third kappa shape index (κ3) is 4.93. The van der Waals surface area contributed by atoms with E-state index in [1.165, 1.54) is 11.7 Å². The summed E-state index contributed by atoms with van der Waals surface area (Å²) in [4.78, 5) is 25.1. The summed E-state index contributed by atoms with van der Waals surface area (Å²) < 4.78 is 37.0. The molecule has 0 amide bonds. The number of fused-ring (bicyclic) bond motifs is 1. The van der Waals surface area contributed by atoms with E-state index in [4.69, 9.17) is 9.47 Å². The predicted molar refractivity (Wildman–Crippen MR) is 135 cm³/mol. The number of ether oxygens (including phenoxy) is 2. The molecule has 3 heterocycles. The number of pyridine rings is 2. The SMILES string of the molecule is CCOc1nc([C@@H](CS(C)(=O)=O)n2c(=O)[nH]c3cc(-c4c(C)cccc4C)cnc32)ccc1OC. The van der Waals surface area contributed by atoms with Gasteiger partial charge in [0.1, 0.15) is 9.84 Å². The predicted octanol–water partition coefficient (Wildman–Crippen LogP) is 3.44. The second kappa shape index (κ2) is 9.53. The second-order valence-corrected chi connectivity index (χ2v) is 10.6. The van der Waals surface area contributed by atoms with Crippen molar-refractivity contribution in [2.75, 3.05) is 25.7 Å². The van der Waals surface area contributed by atoms with E-state index < -0.39 is 21.6 Å². The number of imidazole rings is 1. The van der Waals surface area contributed by atoms with Crippen molar-refractivity contribution in [3.05, 3.63) is 69.9 Å². The van der Waals surface area contributed by atoms with Crippen LogP contribution in [-0.2, 0) is 9.84 Å². The molecule has 9 nitrogen and oxygen atoms in total. The van der Waals surface area contributed by atoms with Crippen LogP contribution in [0, 0.1) is 13.8 Å². The van der Waals surface area contributed by atoms with Crippen molar-refractivity contribution in [3.8, 4) is 22.8 Å². The molecule has 35 heavy (non-hydrogen) atoms. The molecule has 0 radical (unpaired) electrons. The molecule has 1 N–H and O–H groups in total. The number of H-pyrrole nitrogens is 1. The number of aryl methyl sites for hydroxylation is 2. The van der Waals surface area contributed by atoms with Gasteiger partial charge >= 0.3 is 5.69 Å². The zero-order chi connectivity index (χ0) is 25.3. The number of nitrogens with zero attached hydrogens (tertiary/aromatic N) is 3. The van der Waals surface area contributed by atoms with E-state index in [1.807, 2.05) is 45.0 Å². The lowest BCUT2D eigenvalue weighted by atomic mass is 9.97. The molecule has 1 aromatic carbocycles. The van der Waals surface area contributed by atoms with Crippen molar-refractivity contribution in [2.24, 2.45) is 0 Å². The van der Waals surface area contributed by atoms with E-state index in [9.17, 15) is 13.2 Å². The number of benzene rings is 1. The Kier molecular flexibility index (Phi) is 6.66. The minimum absolute atomic E-state index is 0.226. The Hall–Kier alpha value is -3.66. The summed E-state index contributed by atoms with van der Waals surface area (Å²) in [6, 6.07) is 10.3. The number of sulfone groups is 1. The number of aromatic amines is 1. The highest BCUT2D eigenvalue weighted by molar-refractivity contribution is 7.90. The summed E-state index contributed by atoms with van der Waals surface area (Å²) >= 11 is 0. The van der Waals surface area contributed by atoms with Crippen molar-refractivity contribution in [1.29, 1.82) is 0 Å². The first-order valence-corrected chi connectivity index (χ1v) is 13.2.